The minimum absolute atomic E-state index is 0.689. The molecule has 1 aromatic rings. The smallest absolute Gasteiger partial charge is 0.128 e. The van der Waals surface area contributed by atoms with Crippen LogP contribution in [0.15, 0.2) is 27.1 Å². The lowest BCUT2D eigenvalue weighted by Crippen LogP contribution is -2.15. The van der Waals surface area contributed by atoms with E-state index >= 15 is 0 Å². The van der Waals surface area contributed by atoms with Gasteiger partial charge in [0.05, 0.1) is 12.3 Å². The molecule has 2 rings (SSSR count). The fraction of sp³-hybridized carbons (Fsp3) is 0.222. The third kappa shape index (κ3) is 1.74. The molecule has 0 spiro atoms. The SMILES string of the molecule is S/N=C1\CCOc2ccc(Br)cc21. The first kappa shape index (κ1) is 9.09. The Morgan fingerprint density at radius 2 is 2.31 bits per heavy atom. The predicted octanol–water partition coefficient (Wildman–Crippen LogP) is 2.87. The van der Waals surface area contributed by atoms with Crippen molar-refractivity contribution < 1.29 is 4.74 Å². The first-order valence-corrected chi connectivity index (χ1v) is 5.14. The van der Waals surface area contributed by atoms with Crippen molar-refractivity contribution in [2.45, 2.75) is 6.42 Å². The summed E-state index contributed by atoms with van der Waals surface area (Å²) in [6, 6.07) is 5.90. The molecule has 0 atom stereocenters. The molecule has 1 aliphatic rings. The number of benzene rings is 1. The minimum atomic E-state index is 0.689. The lowest BCUT2D eigenvalue weighted by atomic mass is 10.0. The van der Waals surface area contributed by atoms with Crippen LogP contribution >= 0.6 is 28.7 Å². The van der Waals surface area contributed by atoms with Crippen LogP contribution < -0.4 is 4.74 Å². The average molecular weight is 258 g/mol. The number of rotatable bonds is 0. The molecule has 0 aliphatic carbocycles. The van der Waals surface area contributed by atoms with Crippen molar-refractivity contribution in [1.82, 2.24) is 0 Å². The Kier molecular flexibility index (Phi) is 2.60. The number of hydrogen-bond acceptors (Lipinski definition) is 3. The van der Waals surface area contributed by atoms with Crippen LogP contribution in [0.2, 0.25) is 0 Å². The molecule has 0 saturated carbocycles. The Labute approximate surface area is 90.7 Å². The number of ether oxygens (including phenoxy) is 1. The molecular weight excluding hydrogens is 250 g/mol. The summed E-state index contributed by atoms with van der Waals surface area (Å²) in [5.41, 5.74) is 2.03. The quantitative estimate of drug-likeness (QED) is 0.710. The monoisotopic (exact) mass is 257 g/mol. The van der Waals surface area contributed by atoms with Crippen molar-refractivity contribution in [3.05, 3.63) is 28.2 Å². The molecule has 0 aromatic heterocycles. The van der Waals surface area contributed by atoms with E-state index in [0.717, 1.165) is 27.9 Å². The fourth-order valence-electron chi connectivity index (χ4n) is 1.35. The van der Waals surface area contributed by atoms with Crippen molar-refractivity contribution in [3.63, 3.8) is 0 Å². The highest BCUT2D eigenvalue weighted by Crippen LogP contribution is 2.28. The second-order valence-corrected chi connectivity index (χ2v) is 3.90. The molecule has 1 heterocycles. The van der Waals surface area contributed by atoms with Crippen molar-refractivity contribution in [2.24, 2.45) is 4.40 Å². The van der Waals surface area contributed by atoms with E-state index in [1.165, 1.54) is 0 Å². The summed E-state index contributed by atoms with van der Waals surface area (Å²) in [5.74, 6) is 0.891. The van der Waals surface area contributed by atoms with E-state index in [9.17, 15) is 0 Å². The Balaban J connectivity index is 2.54. The average Bonchev–Trinajstić information content (AvgIpc) is 2.17. The zero-order chi connectivity index (χ0) is 9.26. The number of hydrogen-bond donors (Lipinski definition) is 1. The van der Waals surface area contributed by atoms with Crippen LogP contribution in [0.4, 0.5) is 0 Å². The summed E-state index contributed by atoms with van der Waals surface area (Å²) in [5, 5.41) is 0. The van der Waals surface area contributed by atoms with Crippen LogP contribution in [0.5, 0.6) is 5.75 Å². The number of halogens is 1. The maximum Gasteiger partial charge on any atom is 0.128 e. The first-order valence-electron chi connectivity index (χ1n) is 3.95. The maximum absolute atomic E-state index is 5.47. The van der Waals surface area contributed by atoms with E-state index in [0.29, 0.717) is 6.61 Å². The number of fused-ring (bicyclic) bond motifs is 1. The molecule has 0 radical (unpaired) electrons. The summed E-state index contributed by atoms with van der Waals surface area (Å²) in [4.78, 5) is 0. The Hall–Kier alpha value is -0.480. The second-order valence-electron chi connectivity index (χ2n) is 2.79. The Morgan fingerprint density at radius 1 is 1.46 bits per heavy atom. The number of nitrogens with zero attached hydrogens (tertiary/aromatic N) is 1. The van der Waals surface area contributed by atoms with Crippen LogP contribution in [0, 0.1) is 0 Å². The van der Waals surface area contributed by atoms with Gasteiger partial charge in [0.15, 0.2) is 0 Å². The van der Waals surface area contributed by atoms with Crippen LogP contribution in [0.25, 0.3) is 0 Å². The zero-order valence-corrected chi connectivity index (χ0v) is 9.31. The van der Waals surface area contributed by atoms with Gasteiger partial charge in [-0.3, -0.25) is 0 Å². The second kappa shape index (κ2) is 3.72. The van der Waals surface area contributed by atoms with Gasteiger partial charge in [0.2, 0.25) is 0 Å². The molecule has 4 heteroatoms. The molecular formula is C9H8BrNOS. The predicted molar refractivity (Wildman–Crippen MR) is 59.8 cm³/mol. The third-order valence-electron chi connectivity index (χ3n) is 1.97. The molecule has 0 bridgehead atoms. The lowest BCUT2D eigenvalue weighted by molar-refractivity contribution is 0.320. The highest BCUT2D eigenvalue weighted by Gasteiger charge is 2.16. The molecule has 68 valence electrons. The van der Waals surface area contributed by atoms with E-state index in [-0.39, 0.29) is 0 Å². The van der Waals surface area contributed by atoms with Gasteiger partial charge < -0.3 is 4.74 Å². The summed E-state index contributed by atoms with van der Waals surface area (Å²) in [6.07, 6.45) is 0.826. The van der Waals surface area contributed by atoms with Gasteiger partial charge >= 0.3 is 0 Å². The van der Waals surface area contributed by atoms with Gasteiger partial charge in [0.1, 0.15) is 5.75 Å². The zero-order valence-electron chi connectivity index (χ0n) is 6.83. The molecule has 0 saturated heterocycles. The maximum atomic E-state index is 5.47. The molecule has 0 fully saturated rings. The van der Waals surface area contributed by atoms with Crippen molar-refractivity contribution >= 4 is 34.5 Å². The topological polar surface area (TPSA) is 21.6 Å². The van der Waals surface area contributed by atoms with E-state index in [1.54, 1.807) is 0 Å². The van der Waals surface area contributed by atoms with Gasteiger partial charge in [0, 0.05) is 16.5 Å². The van der Waals surface area contributed by atoms with Crippen LogP contribution in [0.3, 0.4) is 0 Å². The molecule has 0 unspecified atom stereocenters. The fourth-order valence-corrected chi connectivity index (χ4v) is 1.92. The third-order valence-corrected chi connectivity index (χ3v) is 2.70. The van der Waals surface area contributed by atoms with Crippen molar-refractivity contribution in [3.8, 4) is 5.75 Å². The van der Waals surface area contributed by atoms with Gasteiger partial charge in [-0.1, -0.05) is 15.9 Å². The molecule has 0 N–H and O–H groups in total. The molecule has 0 amide bonds. The van der Waals surface area contributed by atoms with Crippen LogP contribution in [-0.2, 0) is 0 Å². The van der Waals surface area contributed by atoms with Gasteiger partial charge in [-0.2, -0.15) is 0 Å². The van der Waals surface area contributed by atoms with E-state index in [1.807, 2.05) is 18.2 Å². The normalized spacial score (nSPS) is 18.2. The largest absolute Gasteiger partial charge is 0.492 e. The standard InChI is InChI=1S/C9H8BrNOS/c10-6-1-2-9-7(5-6)8(11-13)3-4-12-9/h1-2,5,13H,3-4H2/b11-8+. The number of thiol groups is 1. The highest BCUT2D eigenvalue weighted by atomic mass is 79.9. The van der Waals surface area contributed by atoms with E-state index < -0.39 is 0 Å². The van der Waals surface area contributed by atoms with Crippen molar-refractivity contribution in [1.29, 1.82) is 0 Å². The summed E-state index contributed by atoms with van der Waals surface area (Å²) < 4.78 is 10.4. The van der Waals surface area contributed by atoms with E-state index in [2.05, 4.69) is 33.1 Å². The summed E-state index contributed by atoms with van der Waals surface area (Å²) >= 11 is 7.35. The van der Waals surface area contributed by atoms with E-state index in [4.69, 9.17) is 4.74 Å². The Morgan fingerprint density at radius 3 is 3.08 bits per heavy atom. The lowest BCUT2D eigenvalue weighted by Gasteiger charge is -2.18. The van der Waals surface area contributed by atoms with Gasteiger partial charge in [0.25, 0.3) is 0 Å². The van der Waals surface area contributed by atoms with Crippen LogP contribution in [-0.4, -0.2) is 12.3 Å². The minimum Gasteiger partial charge on any atom is -0.492 e. The summed E-state index contributed by atoms with van der Waals surface area (Å²) in [6.45, 7) is 0.689. The Bertz CT molecular complexity index is 365. The van der Waals surface area contributed by atoms with Crippen molar-refractivity contribution in [2.75, 3.05) is 6.61 Å². The van der Waals surface area contributed by atoms with Gasteiger partial charge in [-0.15, -0.1) is 0 Å². The van der Waals surface area contributed by atoms with Gasteiger partial charge in [-0.25, -0.2) is 4.40 Å². The summed E-state index contributed by atoms with van der Waals surface area (Å²) in [7, 11) is 0. The molecule has 13 heavy (non-hydrogen) atoms. The van der Waals surface area contributed by atoms with Gasteiger partial charge in [-0.05, 0) is 31.0 Å². The molecule has 1 aromatic carbocycles. The molecule has 1 aliphatic heterocycles. The molecule has 2 nitrogen and oxygen atoms in total. The first-order chi connectivity index (χ1) is 6.31. The van der Waals surface area contributed by atoms with Crippen LogP contribution in [0.1, 0.15) is 12.0 Å². The highest BCUT2D eigenvalue weighted by molar-refractivity contribution is 9.10.